The summed E-state index contributed by atoms with van der Waals surface area (Å²) in [7, 11) is -4.16. The monoisotopic (exact) mass is 277 g/mol. The van der Waals surface area contributed by atoms with Crippen LogP contribution in [0.4, 0.5) is 13.2 Å². The van der Waals surface area contributed by atoms with Crippen molar-refractivity contribution in [3.8, 4) is 6.07 Å². The Morgan fingerprint density at radius 2 is 1.89 bits per heavy atom. The molecule has 1 rings (SSSR count). The zero-order valence-electron chi connectivity index (χ0n) is 9.40. The van der Waals surface area contributed by atoms with E-state index in [4.69, 9.17) is 5.26 Å². The lowest BCUT2D eigenvalue weighted by Gasteiger charge is -2.15. The van der Waals surface area contributed by atoms with E-state index in [0.717, 1.165) is 12.1 Å². The first-order valence-corrected chi connectivity index (χ1v) is 6.53. The Morgan fingerprint density at radius 1 is 1.33 bits per heavy atom. The first-order chi connectivity index (χ1) is 8.21. The van der Waals surface area contributed by atoms with Gasteiger partial charge in [0.2, 0.25) is 0 Å². The van der Waals surface area contributed by atoms with Gasteiger partial charge in [0.15, 0.2) is 9.84 Å². The van der Waals surface area contributed by atoms with E-state index in [0.29, 0.717) is 6.07 Å². The van der Waals surface area contributed by atoms with Gasteiger partial charge in [0.1, 0.15) is 0 Å². The molecule has 0 aliphatic carbocycles. The van der Waals surface area contributed by atoms with Crippen LogP contribution in [0.1, 0.15) is 18.9 Å². The van der Waals surface area contributed by atoms with Gasteiger partial charge < -0.3 is 0 Å². The van der Waals surface area contributed by atoms with Gasteiger partial charge in [0.05, 0.1) is 28.2 Å². The molecule has 1 aromatic carbocycles. The summed E-state index contributed by atoms with van der Waals surface area (Å²) >= 11 is 0. The van der Waals surface area contributed by atoms with E-state index in [1.54, 1.807) is 6.07 Å². The summed E-state index contributed by atoms with van der Waals surface area (Å²) in [5, 5.41) is 7.26. The van der Waals surface area contributed by atoms with Gasteiger partial charge in [-0.3, -0.25) is 0 Å². The fourth-order valence-corrected chi connectivity index (χ4v) is 2.89. The van der Waals surface area contributed by atoms with E-state index in [1.807, 2.05) is 0 Å². The predicted octanol–water partition coefficient (Wildman–Crippen LogP) is 2.78. The molecule has 0 aliphatic heterocycles. The zero-order chi connectivity index (χ0) is 14.0. The third-order valence-electron chi connectivity index (χ3n) is 2.41. The normalized spacial score (nSPS) is 13.9. The molecular formula is C11H10F3NO2S. The van der Waals surface area contributed by atoms with Crippen LogP contribution in [0.3, 0.4) is 0 Å². The Hall–Kier alpha value is -1.55. The average molecular weight is 277 g/mol. The minimum Gasteiger partial charge on any atom is -0.223 e. The lowest BCUT2D eigenvalue weighted by atomic mass is 10.2. The molecule has 0 radical (unpaired) electrons. The van der Waals surface area contributed by atoms with Gasteiger partial charge in [-0.2, -0.15) is 18.4 Å². The highest BCUT2D eigenvalue weighted by Gasteiger charge is 2.38. The summed E-state index contributed by atoms with van der Waals surface area (Å²) < 4.78 is 62.0. The number of sulfone groups is 1. The summed E-state index contributed by atoms with van der Waals surface area (Å²) in [5.74, 6) is 0. The largest absolute Gasteiger partial charge is 0.417 e. The first kappa shape index (κ1) is 14.5. The van der Waals surface area contributed by atoms with Crippen LogP contribution in [-0.2, 0) is 16.0 Å². The topological polar surface area (TPSA) is 57.9 Å². The van der Waals surface area contributed by atoms with E-state index in [2.05, 4.69) is 0 Å². The summed E-state index contributed by atoms with van der Waals surface area (Å²) in [5.41, 5.74) is -1.20. The van der Waals surface area contributed by atoms with Crippen molar-refractivity contribution in [1.82, 2.24) is 0 Å². The third kappa shape index (κ3) is 2.82. The number of alkyl halides is 3. The van der Waals surface area contributed by atoms with Crippen molar-refractivity contribution in [1.29, 1.82) is 5.26 Å². The quantitative estimate of drug-likeness (QED) is 0.853. The van der Waals surface area contributed by atoms with Crippen LogP contribution in [0.25, 0.3) is 0 Å². The summed E-state index contributed by atoms with van der Waals surface area (Å²) in [4.78, 5) is -0.778. The SMILES string of the molecule is CC(CC#N)S(=O)(=O)c1ccccc1C(F)(F)F. The maximum Gasteiger partial charge on any atom is 0.417 e. The number of hydrogen-bond donors (Lipinski definition) is 0. The molecule has 0 saturated heterocycles. The minimum absolute atomic E-state index is 0.353. The van der Waals surface area contributed by atoms with Crippen molar-refractivity contribution in [3.63, 3.8) is 0 Å². The van der Waals surface area contributed by atoms with Gasteiger partial charge in [-0.1, -0.05) is 12.1 Å². The lowest BCUT2D eigenvalue weighted by molar-refractivity contribution is -0.139. The zero-order valence-corrected chi connectivity index (χ0v) is 10.2. The fourth-order valence-electron chi connectivity index (χ4n) is 1.40. The van der Waals surface area contributed by atoms with Crippen LogP contribution in [0.5, 0.6) is 0 Å². The molecule has 98 valence electrons. The van der Waals surface area contributed by atoms with Gasteiger partial charge in [-0.05, 0) is 19.1 Å². The Balaban J connectivity index is 3.39. The van der Waals surface area contributed by atoms with Crippen molar-refractivity contribution in [2.24, 2.45) is 0 Å². The molecule has 1 unspecified atom stereocenters. The van der Waals surface area contributed by atoms with Crippen LogP contribution in [0.2, 0.25) is 0 Å². The van der Waals surface area contributed by atoms with E-state index in [1.165, 1.54) is 13.0 Å². The summed E-state index contributed by atoms with van der Waals surface area (Å²) in [6, 6.07) is 5.61. The minimum atomic E-state index is -4.74. The molecule has 0 amide bonds. The molecule has 0 aromatic heterocycles. The predicted molar refractivity (Wildman–Crippen MR) is 58.3 cm³/mol. The first-order valence-electron chi connectivity index (χ1n) is 4.98. The molecule has 0 bridgehead atoms. The van der Waals surface area contributed by atoms with E-state index in [-0.39, 0.29) is 6.42 Å². The molecule has 0 N–H and O–H groups in total. The highest BCUT2D eigenvalue weighted by atomic mass is 32.2. The summed E-state index contributed by atoms with van der Waals surface area (Å²) in [6.07, 6.45) is -5.09. The number of nitriles is 1. The van der Waals surface area contributed by atoms with E-state index >= 15 is 0 Å². The molecule has 18 heavy (non-hydrogen) atoms. The summed E-state index contributed by atoms with van der Waals surface area (Å²) in [6.45, 7) is 1.21. The average Bonchev–Trinajstić information content (AvgIpc) is 2.28. The van der Waals surface area contributed by atoms with Crippen LogP contribution >= 0.6 is 0 Å². The molecular weight excluding hydrogens is 267 g/mol. The molecule has 3 nitrogen and oxygen atoms in total. The number of hydrogen-bond acceptors (Lipinski definition) is 3. The smallest absolute Gasteiger partial charge is 0.223 e. The molecule has 0 heterocycles. The molecule has 0 saturated carbocycles. The Bertz CT molecular complexity index is 573. The molecule has 0 aliphatic rings. The highest BCUT2D eigenvalue weighted by Crippen LogP contribution is 2.35. The van der Waals surface area contributed by atoms with Crippen LogP contribution in [-0.4, -0.2) is 13.7 Å². The van der Waals surface area contributed by atoms with Crippen LogP contribution in [0, 0.1) is 11.3 Å². The number of halogens is 3. The number of benzene rings is 1. The van der Waals surface area contributed by atoms with Gasteiger partial charge >= 0.3 is 6.18 Å². The molecule has 0 spiro atoms. The maximum absolute atomic E-state index is 12.7. The molecule has 1 atom stereocenters. The van der Waals surface area contributed by atoms with Gasteiger partial charge in [0.25, 0.3) is 0 Å². The molecule has 0 fully saturated rings. The second-order valence-electron chi connectivity index (χ2n) is 3.71. The Kier molecular flexibility index (Phi) is 4.02. The van der Waals surface area contributed by atoms with Crippen molar-refractivity contribution >= 4 is 9.84 Å². The number of nitrogens with zero attached hydrogens (tertiary/aromatic N) is 1. The standard InChI is InChI=1S/C11H10F3NO2S/c1-8(6-7-15)18(16,17)10-5-3-2-4-9(10)11(12,13)14/h2-5,8H,6H2,1H3. The molecule has 1 aromatic rings. The lowest BCUT2D eigenvalue weighted by Crippen LogP contribution is -2.21. The van der Waals surface area contributed by atoms with Crippen molar-refractivity contribution < 1.29 is 21.6 Å². The van der Waals surface area contributed by atoms with Gasteiger partial charge in [-0.25, -0.2) is 8.42 Å². The second-order valence-corrected chi connectivity index (χ2v) is 6.05. The number of rotatable bonds is 3. The van der Waals surface area contributed by atoms with Crippen molar-refractivity contribution in [2.45, 2.75) is 29.7 Å². The van der Waals surface area contributed by atoms with Crippen LogP contribution < -0.4 is 0 Å². The van der Waals surface area contributed by atoms with E-state index < -0.39 is 31.7 Å². The van der Waals surface area contributed by atoms with E-state index in [9.17, 15) is 21.6 Å². The molecule has 7 heteroatoms. The Labute approximate surface area is 103 Å². The Morgan fingerprint density at radius 3 is 2.39 bits per heavy atom. The van der Waals surface area contributed by atoms with Crippen LogP contribution in [0.15, 0.2) is 29.2 Å². The maximum atomic E-state index is 12.7. The van der Waals surface area contributed by atoms with Crippen molar-refractivity contribution in [3.05, 3.63) is 29.8 Å². The fraction of sp³-hybridized carbons (Fsp3) is 0.364. The van der Waals surface area contributed by atoms with Gasteiger partial charge in [-0.15, -0.1) is 0 Å². The van der Waals surface area contributed by atoms with Crippen molar-refractivity contribution in [2.75, 3.05) is 0 Å². The highest BCUT2D eigenvalue weighted by molar-refractivity contribution is 7.92. The van der Waals surface area contributed by atoms with Gasteiger partial charge in [0, 0.05) is 0 Å². The third-order valence-corrected chi connectivity index (χ3v) is 4.60. The second kappa shape index (κ2) is 4.98.